The minimum Gasteiger partial charge on any atom is -0.480 e. The molecule has 130 valence electrons. The van der Waals surface area contributed by atoms with Crippen molar-refractivity contribution in [3.05, 3.63) is 64.3 Å². The summed E-state index contributed by atoms with van der Waals surface area (Å²) in [6.45, 7) is 0.162. The van der Waals surface area contributed by atoms with Gasteiger partial charge in [0.1, 0.15) is 12.4 Å². The van der Waals surface area contributed by atoms with Crippen molar-refractivity contribution in [2.75, 3.05) is 6.61 Å². The molecule has 0 unspecified atom stereocenters. The van der Waals surface area contributed by atoms with E-state index in [1.165, 1.54) is 6.21 Å². The van der Waals surface area contributed by atoms with Crippen LogP contribution in [0.25, 0.3) is 10.9 Å². The highest BCUT2D eigenvalue weighted by Crippen LogP contribution is 2.22. The smallest absolute Gasteiger partial charge is 0.244 e. The Morgan fingerprint density at radius 3 is 3.04 bits per heavy atom. The van der Waals surface area contributed by atoms with Crippen LogP contribution in [0.5, 0.6) is 5.75 Å². The van der Waals surface area contributed by atoms with Gasteiger partial charge >= 0.3 is 0 Å². The number of fused-ring (bicyclic) bond motifs is 1. The van der Waals surface area contributed by atoms with E-state index in [1.807, 2.05) is 42.6 Å². The highest BCUT2D eigenvalue weighted by Gasteiger charge is 2.08. The van der Waals surface area contributed by atoms with E-state index in [1.54, 1.807) is 6.07 Å². The van der Waals surface area contributed by atoms with E-state index in [0.717, 1.165) is 20.9 Å². The lowest BCUT2D eigenvalue weighted by molar-refractivity contribution is -0.120. The topological polar surface area (TPSA) is 66.5 Å². The number of aromatic nitrogens is 1. The number of nitrogens with one attached hydrogen (secondary N) is 2. The molecule has 1 aromatic heterocycles. The molecule has 0 aliphatic heterocycles. The van der Waals surface area contributed by atoms with Crippen LogP contribution in [0.1, 0.15) is 11.1 Å². The molecule has 5 nitrogen and oxygen atoms in total. The van der Waals surface area contributed by atoms with Crippen molar-refractivity contribution in [1.29, 1.82) is 0 Å². The Hall–Kier alpha value is -3.04. The Bertz CT molecular complexity index is 1000. The standard InChI is InChI=1S/C20H16BrN3O2/c1-2-9-26-19-8-7-16(21)10-15(19)13-23-24-20(25)11-14-12-22-18-6-4-3-5-17(14)18/h1,3-8,10,12-13,22H,9,11H2,(H,24,25). The number of ether oxygens (including phenoxy) is 1. The molecule has 0 fully saturated rings. The van der Waals surface area contributed by atoms with Crippen molar-refractivity contribution in [2.24, 2.45) is 5.10 Å². The minimum atomic E-state index is -0.202. The summed E-state index contributed by atoms with van der Waals surface area (Å²) in [5.74, 6) is 2.82. The van der Waals surface area contributed by atoms with Gasteiger partial charge in [-0.05, 0) is 29.8 Å². The van der Waals surface area contributed by atoms with Crippen molar-refractivity contribution in [3.8, 4) is 18.1 Å². The van der Waals surface area contributed by atoms with Gasteiger partial charge in [0.05, 0.1) is 12.6 Å². The Kier molecular flexibility index (Phi) is 5.72. The number of hydrogen-bond acceptors (Lipinski definition) is 3. The molecule has 0 saturated carbocycles. The molecular weight excluding hydrogens is 394 g/mol. The Morgan fingerprint density at radius 2 is 2.19 bits per heavy atom. The third-order valence-corrected chi connectivity index (χ3v) is 4.19. The number of carbonyl (C=O) groups excluding carboxylic acids is 1. The number of terminal acetylenes is 1. The van der Waals surface area contributed by atoms with Crippen molar-refractivity contribution < 1.29 is 9.53 Å². The lowest BCUT2D eigenvalue weighted by Gasteiger charge is -2.06. The number of benzene rings is 2. The van der Waals surface area contributed by atoms with Crippen molar-refractivity contribution >= 4 is 39.0 Å². The maximum absolute atomic E-state index is 12.2. The maximum Gasteiger partial charge on any atom is 0.244 e. The lowest BCUT2D eigenvalue weighted by atomic mass is 10.1. The zero-order chi connectivity index (χ0) is 18.4. The van der Waals surface area contributed by atoms with Gasteiger partial charge in [0.2, 0.25) is 5.91 Å². The van der Waals surface area contributed by atoms with Crippen LogP contribution in [-0.2, 0) is 11.2 Å². The molecule has 1 amide bonds. The monoisotopic (exact) mass is 409 g/mol. The van der Waals surface area contributed by atoms with Crippen LogP contribution in [0.4, 0.5) is 0 Å². The van der Waals surface area contributed by atoms with E-state index in [0.29, 0.717) is 11.3 Å². The van der Waals surface area contributed by atoms with Gasteiger partial charge in [0.15, 0.2) is 0 Å². The minimum absolute atomic E-state index is 0.162. The molecule has 2 N–H and O–H groups in total. The van der Waals surface area contributed by atoms with Crippen LogP contribution < -0.4 is 10.2 Å². The molecule has 0 saturated heterocycles. The summed E-state index contributed by atoms with van der Waals surface area (Å²) >= 11 is 3.40. The molecule has 0 spiro atoms. The zero-order valence-electron chi connectivity index (χ0n) is 13.8. The van der Waals surface area contributed by atoms with E-state index < -0.39 is 0 Å². The predicted octanol–water partition coefficient (Wildman–Crippen LogP) is 3.64. The Balaban J connectivity index is 1.66. The molecule has 0 atom stereocenters. The summed E-state index contributed by atoms with van der Waals surface area (Å²) in [5, 5.41) is 5.06. The Morgan fingerprint density at radius 1 is 1.35 bits per heavy atom. The second kappa shape index (κ2) is 8.37. The van der Waals surface area contributed by atoms with Crippen molar-refractivity contribution in [3.63, 3.8) is 0 Å². The number of para-hydroxylation sites is 1. The molecule has 1 heterocycles. The molecule has 2 aromatic carbocycles. The first-order valence-corrected chi connectivity index (χ1v) is 8.69. The molecule has 26 heavy (non-hydrogen) atoms. The van der Waals surface area contributed by atoms with E-state index in [9.17, 15) is 4.79 Å². The predicted molar refractivity (Wildman–Crippen MR) is 106 cm³/mol. The third kappa shape index (κ3) is 4.32. The molecule has 3 aromatic rings. The highest BCUT2D eigenvalue weighted by molar-refractivity contribution is 9.10. The molecule has 0 radical (unpaired) electrons. The van der Waals surface area contributed by atoms with E-state index in [-0.39, 0.29) is 18.9 Å². The molecule has 0 aliphatic rings. The number of carbonyl (C=O) groups is 1. The van der Waals surface area contributed by atoms with E-state index in [4.69, 9.17) is 11.2 Å². The number of hydrogen-bond donors (Lipinski definition) is 2. The summed E-state index contributed by atoms with van der Waals surface area (Å²) in [5.41, 5.74) is 5.18. The fourth-order valence-corrected chi connectivity index (χ4v) is 2.91. The summed E-state index contributed by atoms with van der Waals surface area (Å²) in [7, 11) is 0. The highest BCUT2D eigenvalue weighted by atomic mass is 79.9. The lowest BCUT2D eigenvalue weighted by Crippen LogP contribution is -2.19. The van der Waals surface area contributed by atoms with Gasteiger partial charge in [-0.1, -0.05) is 40.0 Å². The summed E-state index contributed by atoms with van der Waals surface area (Å²) < 4.78 is 6.34. The largest absolute Gasteiger partial charge is 0.480 e. The molecule has 0 aliphatic carbocycles. The van der Waals surface area contributed by atoms with Gasteiger partial charge < -0.3 is 9.72 Å². The van der Waals surface area contributed by atoms with Crippen molar-refractivity contribution in [1.82, 2.24) is 10.4 Å². The van der Waals surface area contributed by atoms with Gasteiger partial charge in [-0.3, -0.25) is 4.79 Å². The fourth-order valence-electron chi connectivity index (χ4n) is 2.54. The average molecular weight is 410 g/mol. The number of H-pyrrole nitrogens is 1. The first-order chi connectivity index (χ1) is 12.7. The van der Waals surface area contributed by atoms with Gasteiger partial charge in [-0.15, -0.1) is 6.42 Å². The number of nitrogens with zero attached hydrogens (tertiary/aromatic N) is 1. The second-order valence-corrected chi connectivity index (χ2v) is 6.42. The normalized spacial score (nSPS) is 10.8. The first kappa shape index (κ1) is 17.8. The summed E-state index contributed by atoms with van der Waals surface area (Å²) in [6.07, 6.45) is 8.83. The van der Waals surface area contributed by atoms with Gasteiger partial charge in [-0.2, -0.15) is 5.10 Å². The quantitative estimate of drug-likeness (QED) is 0.370. The SMILES string of the molecule is C#CCOc1ccc(Br)cc1C=NNC(=O)Cc1c[nH]c2ccccc12. The van der Waals surface area contributed by atoms with Gasteiger partial charge in [0, 0.05) is 27.1 Å². The Labute approximate surface area is 159 Å². The number of hydrazone groups is 1. The number of rotatable bonds is 6. The van der Waals surface area contributed by atoms with E-state index >= 15 is 0 Å². The van der Waals surface area contributed by atoms with Crippen LogP contribution in [0.3, 0.4) is 0 Å². The fraction of sp³-hybridized carbons (Fsp3) is 0.100. The molecule has 0 bridgehead atoms. The van der Waals surface area contributed by atoms with Gasteiger partial charge in [0.25, 0.3) is 0 Å². The number of amides is 1. The van der Waals surface area contributed by atoms with E-state index in [2.05, 4.69) is 37.4 Å². The summed E-state index contributed by atoms with van der Waals surface area (Å²) in [4.78, 5) is 15.3. The number of aromatic amines is 1. The maximum atomic E-state index is 12.2. The average Bonchev–Trinajstić information content (AvgIpc) is 3.04. The van der Waals surface area contributed by atoms with Crippen LogP contribution in [-0.4, -0.2) is 23.7 Å². The first-order valence-electron chi connectivity index (χ1n) is 7.90. The zero-order valence-corrected chi connectivity index (χ0v) is 15.4. The molecule has 6 heteroatoms. The van der Waals surface area contributed by atoms with Crippen molar-refractivity contribution in [2.45, 2.75) is 6.42 Å². The van der Waals surface area contributed by atoms with Gasteiger partial charge in [-0.25, -0.2) is 5.43 Å². The van der Waals surface area contributed by atoms with Crippen LogP contribution in [0, 0.1) is 12.3 Å². The van der Waals surface area contributed by atoms with Crippen LogP contribution in [0.2, 0.25) is 0 Å². The van der Waals surface area contributed by atoms with Crippen LogP contribution in [0.15, 0.2) is 58.2 Å². The summed E-state index contributed by atoms with van der Waals surface area (Å²) in [6, 6.07) is 13.3. The molecule has 3 rings (SSSR count). The number of halogens is 1. The molecular formula is C20H16BrN3O2. The second-order valence-electron chi connectivity index (χ2n) is 5.50. The van der Waals surface area contributed by atoms with Crippen LogP contribution >= 0.6 is 15.9 Å². The third-order valence-electron chi connectivity index (χ3n) is 3.70.